The normalized spacial score (nSPS) is 31.7. The summed E-state index contributed by atoms with van der Waals surface area (Å²) in [6.07, 6.45) is 0. The molecule has 10 heteroatoms. The van der Waals surface area contributed by atoms with E-state index in [1.807, 2.05) is 0 Å². The number of nitrogens with zero attached hydrogens (tertiary/aromatic N) is 2. The zero-order valence-corrected chi connectivity index (χ0v) is 11.1. The third-order valence-corrected chi connectivity index (χ3v) is 4.28. The number of fused-ring (bicyclic) bond motifs is 3. The molecule has 0 N–H and O–H groups in total. The molecule has 0 aliphatic carbocycles. The van der Waals surface area contributed by atoms with Crippen LogP contribution in [0.15, 0.2) is 0 Å². The minimum atomic E-state index is -6.09. The van der Waals surface area contributed by atoms with Crippen molar-refractivity contribution >= 4 is 21.7 Å². The third-order valence-electron chi connectivity index (χ3n) is 3.21. The van der Waals surface area contributed by atoms with Gasteiger partial charge in [0.25, 0.3) is 0 Å². The molecule has 0 amide bonds. The number of rotatable bonds is 1. The van der Waals surface area contributed by atoms with Gasteiger partial charge in [0.05, 0.1) is 19.6 Å². The van der Waals surface area contributed by atoms with Crippen LogP contribution in [0.2, 0.25) is 0 Å². The number of hydrogen-bond acceptors (Lipinski definition) is 4. The summed E-state index contributed by atoms with van der Waals surface area (Å²) in [6.45, 7) is 7.66. The highest BCUT2D eigenvalue weighted by molar-refractivity contribution is 7.86. The standard InChI is InChI=1S/C7H14ClN2.CHF3O3S/c8-7-10-4-1-9(2-5-10)3-6-10;2-1(3,4)8(5,6)7/h1-7H2;(H,5,6,7)/q+1;/p-1. The Hall–Kier alpha value is -0.0900. The molecule has 3 rings (SSSR count). The molecule has 0 saturated carbocycles. The number of quaternary nitrogens is 1. The summed E-state index contributed by atoms with van der Waals surface area (Å²) >= 11 is 5.92. The van der Waals surface area contributed by atoms with Gasteiger partial charge in [-0.25, -0.2) is 8.42 Å². The molecule has 0 atom stereocenters. The van der Waals surface area contributed by atoms with E-state index in [2.05, 4.69) is 4.90 Å². The topological polar surface area (TPSA) is 60.4 Å². The van der Waals surface area contributed by atoms with Gasteiger partial charge in [-0.05, 0) is 0 Å². The molecule has 3 fully saturated rings. The van der Waals surface area contributed by atoms with Gasteiger partial charge in [-0.15, -0.1) is 0 Å². The molecule has 0 aromatic rings. The SMILES string of the molecule is ClC[N+]12CCN(CC1)CC2.O=S(=O)([O-])C(F)(F)F. The van der Waals surface area contributed by atoms with Crippen LogP contribution in [0, 0.1) is 0 Å². The smallest absolute Gasteiger partial charge is 0.485 e. The van der Waals surface area contributed by atoms with E-state index < -0.39 is 15.6 Å². The minimum absolute atomic E-state index is 0.827. The van der Waals surface area contributed by atoms with E-state index in [1.54, 1.807) is 0 Å². The Labute approximate surface area is 108 Å². The van der Waals surface area contributed by atoms with Gasteiger partial charge in [-0.3, -0.25) is 4.90 Å². The van der Waals surface area contributed by atoms with Crippen molar-refractivity contribution in [3.8, 4) is 0 Å². The fourth-order valence-corrected chi connectivity index (χ4v) is 2.27. The quantitative estimate of drug-likeness (QED) is 0.231. The monoisotopic (exact) mass is 310 g/mol. The first-order chi connectivity index (χ1) is 8.10. The molecule has 0 unspecified atom stereocenters. The van der Waals surface area contributed by atoms with Gasteiger partial charge >= 0.3 is 5.51 Å². The summed E-state index contributed by atoms with van der Waals surface area (Å²) < 4.78 is 60.1. The van der Waals surface area contributed by atoms with Crippen LogP contribution in [0.3, 0.4) is 0 Å². The molecule has 5 nitrogen and oxygen atoms in total. The molecular weight excluding hydrogens is 297 g/mol. The lowest BCUT2D eigenvalue weighted by Crippen LogP contribution is -2.66. The molecule has 3 saturated heterocycles. The summed E-state index contributed by atoms with van der Waals surface area (Å²) in [5, 5.41) is 0. The predicted octanol–water partition coefficient (Wildman–Crippen LogP) is 0.380. The highest BCUT2D eigenvalue weighted by Gasteiger charge is 2.37. The molecule has 18 heavy (non-hydrogen) atoms. The first-order valence-corrected chi connectivity index (χ1v) is 7.19. The van der Waals surface area contributed by atoms with Crippen LogP contribution in [-0.4, -0.2) is 73.1 Å². The Morgan fingerprint density at radius 3 is 1.67 bits per heavy atom. The first-order valence-electron chi connectivity index (χ1n) is 5.25. The summed E-state index contributed by atoms with van der Waals surface area (Å²) in [5.41, 5.74) is -5.65. The van der Waals surface area contributed by atoms with Crippen LogP contribution in [0.4, 0.5) is 13.2 Å². The fraction of sp³-hybridized carbons (Fsp3) is 1.00. The molecule has 3 heterocycles. The Balaban J connectivity index is 0.000000187. The van der Waals surface area contributed by atoms with Crippen LogP contribution in [0.25, 0.3) is 0 Å². The van der Waals surface area contributed by atoms with E-state index in [9.17, 15) is 13.2 Å². The van der Waals surface area contributed by atoms with Crippen LogP contribution in [0.1, 0.15) is 0 Å². The lowest BCUT2D eigenvalue weighted by Gasteiger charge is -2.49. The van der Waals surface area contributed by atoms with Crippen molar-refractivity contribution in [2.24, 2.45) is 0 Å². The second kappa shape index (κ2) is 5.49. The van der Waals surface area contributed by atoms with Crippen LogP contribution < -0.4 is 0 Å². The molecule has 2 bridgehead atoms. The zero-order valence-electron chi connectivity index (χ0n) is 9.49. The Morgan fingerprint density at radius 1 is 1.17 bits per heavy atom. The Bertz CT molecular complexity index is 366. The summed E-state index contributed by atoms with van der Waals surface area (Å²) in [6, 6.07) is 0.827. The lowest BCUT2D eigenvalue weighted by atomic mass is 10.2. The molecule has 0 aromatic carbocycles. The van der Waals surface area contributed by atoms with Gasteiger partial charge in [0.2, 0.25) is 0 Å². The van der Waals surface area contributed by atoms with Gasteiger partial charge in [0.1, 0.15) is 0 Å². The van der Waals surface area contributed by atoms with Crippen molar-refractivity contribution in [1.29, 1.82) is 0 Å². The van der Waals surface area contributed by atoms with Crippen molar-refractivity contribution < 1.29 is 30.6 Å². The van der Waals surface area contributed by atoms with Crippen molar-refractivity contribution in [2.45, 2.75) is 5.51 Å². The number of halogens is 4. The molecule has 3 aliphatic rings. The van der Waals surface area contributed by atoms with E-state index in [-0.39, 0.29) is 0 Å². The average molecular weight is 311 g/mol. The average Bonchev–Trinajstić information content (AvgIpc) is 2.30. The maximum Gasteiger partial charge on any atom is 0.485 e. The van der Waals surface area contributed by atoms with E-state index in [4.69, 9.17) is 24.6 Å². The maximum atomic E-state index is 10.7. The van der Waals surface area contributed by atoms with Crippen molar-refractivity contribution in [2.75, 3.05) is 45.3 Å². The minimum Gasteiger partial charge on any atom is -0.741 e. The fourth-order valence-electron chi connectivity index (χ4n) is 1.91. The highest BCUT2D eigenvalue weighted by Crippen LogP contribution is 2.20. The van der Waals surface area contributed by atoms with Crippen molar-refractivity contribution in [1.82, 2.24) is 4.90 Å². The Kier molecular flexibility index (Phi) is 4.87. The largest absolute Gasteiger partial charge is 0.741 e. The van der Waals surface area contributed by atoms with Crippen LogP contribution >= 0.6 is 11.6 Å². The van der Waals surface area contributed by atoms with Gasteiger partial charge in [-0.1, -0.05) is 11.6 Å². The van der Waals surface area contributed by atoms with E-state index in [1.165, 1.54) is 43.8 Å². The predicted molar refractivity (Wildman–Crippen MR) is 57.8 cm³/mol. The first kappa shape index (κ1) is 16.0. The molecule has 0 aromatic heterocycles. The van der Waals surface area contributed by atoms with Gasteiger partial charge in [0, 0.05) is 19.6 Å². The summed E-state index contributed by atoms with van der Waals surface area (Å²) in [4.78, 5) is 2.53. The van der Waals surface area contributed by atoms with E-state index in [0.717, 1.165) is 6.00 Å². The van der Waals surface area contributed by atoms with Crippen molar-refractivity contribution in [3.05, 3.63) is 0 Å². The summed E-state index contributed by atoms with van der Waals surface area (Å²) in [5.74, 6) is 0. The maximum absolute atomic E-state index is 10.7. The molecule has 0 spiro atoms. The third kappa shape index (κ3) is 3.95. The van der Waals surface area contributed by atoms with Crippen molar-refractivity contribution in [3.63, 3.8) is 0 Å². The summed E-state index contributed by atoms with van der Waals surface area (Å²) in [7, 11) is -6.09. The zero-order chi connectivity index (χ0) is 14.0. The molecular formula is C8H14ClF3N2O3S. The second-order valence-electron chi connectivity index (χ2n) is 4.37. The van der Waals surface area contributed by atoms with Gasteiger partial charge in [0.15, 0.2) is 16.1 Å². The second-order valence-corrected chi connectivity index (χ2v) is 5.98. The number of piperazine rings is 3. The Morgan fingerprint density at radius 2 is 1.50 bits per heavy atom. The van der Waals surface area contributed by atoms with Crippen LogP contribution in [-0.2, 0) is 10.1 Å². The van der Waals surface area contributed by atoms with E-state index in [0.29, 0.717) is 0 Å². The molecule has 3 aliphatic heterocycles. The number of alkyl halides is 4. The van der Waals surface area contributed by atoms with Gasteiger partial charge < -0.3 is 9.04 Å². The molecule has 108 valence electrons. The highest BCUT2D eigenvalue weighted by atomic mass is 35.5. The van der Waals surface area contributed by atoms with Gasteiger partial charge in [-0.2, -0.15) is 13.2 Å². The molecule has 0 radical (unpaired) electrons. The number of hydrogen-bond donors (Lipinski definition) is 0. The van der Waals surface area contributed by atoms with E-state index >= 15 is 0 Å². The lowest BCUT2D eigenvalue weighted by molar-refractivity contribution is -0.930. The van der Waals surface area contributed by atoms with Crippen LogP contribution in [0.5, 0.6) is 0 Å².